The number of nitrogens with zero attached hydrogens (tertiary/aromatic N) is 4. The van der Waals surface area contributed by atoms with E-state index < -0.39 is 0 Å². The van der Waals surface area contributed by atoms with E-state index in [1.165, 1.54) is 0 Å². The first-order valence-corrected chi connectivity index (χ1v) is 10.6. The van der Waals surface area contributed by atoms with Gasteiger partial charge in [0.2, 0.25) is 5.91 Å². The first-order valence-electron chi connectivity index (χ1n) is 10.2. The smallest absolute Gasteiger partial charge is 0.227 e. The van der Waals surface area contributed by atoms with Crippen LogP contribution in [0, 0.1) is 12.8 Å². The Morgan fingerprint density at radius 3 is 2.77 bits per heavy atom. The summed E-state index contributed by atoms with van der Waals surface area (Å²) in [6.45, 7) is 6.45. The van der Waals surface area contributed by atoms with Gasteiger partial charge in [0, 0.05) is 42.2 Å². The Morgan fingerprint density at radius 2 is 2.07 bits per heavy atom. The van der Waals surface area contributed by atoms with Crippen LogP contribution in [-0.2, 0) is 11.3 Å². The van der Waals surface area contributed by atoms with Crippen LogP contribution in [0.2, 0.25) is 5.02 Å². The van der Waals surface area contributed by atoms with Gasteiger partial charge in [-0.3, -0.25) is 9.48 Å². The Morgan fingerprint density at radius 1 is 1.30 bits per heavy atom. The van der Waals surface area contributed by atoms with Crippen LogP contribution < -0.4 is 15.0 Å². The summed E-state index contributed by atoms with van der Waals surface area (Å²) in [5.41, 5.74) is 2.69. The highest BCUT2D eigenvalue weighted by molar-refractivity contribution is 6.31. The van der Waals surface area contributed by atoms with Crippen LogP contribution in [0.1, 0.15) is 25.5 Å². The molecule has 0 saturated carbocycles. The van der Waals surface area contributed by atoms with Gasteiger partial charge in [-0.2, -0.15) is 5.10 Å². The van der Waals surface area contributed by atoms with E-state index in [2.05, 4.69) is 27.2 Å². The van der Waals surface area contributed by atoms with Crippen molar-refractivity contribution in [3.8, 4) is 5.75 Å². The Balaban J connectivity index is 1.48. The van der Waals surface area contributed by atoms with Gasteiger partial charge >= 0.3 is 0 Å². The molecule has 1 aliphatic heterocycles. The molecule has 158 valence electrons. The molecule has 0 atom stereocenters. The number of fused-ring (bicyclic) bond motifs is 1. The van der Waals surface area contributed by atoms with Crippen molar-refractivity contribution in [3.05, 3.63) is 41.2 Å². The van der Waals surface area contributed by atoms with Crippen molar-refractivity contribution in [2.75, 3.05) is 30.4 Å². The second-order valence-corrected chi connectivity index (χ2v) is 7.96. The standard InChI is InChI=1S/C22H26ClN5O2/c1-4-28-20-17(14(2)26-28)7-10-24-21(20)27-11-8-15(9-12-27)22(29)25-18-13-16(23)5-6-19(18)30-3/h5-7,10,13,15H,4,8-9,11-12H2,1-3H3,(H,25,29). The molecule has 0 radical (unpaired) electrons. The van der Waals surface area contributed by atoms with Crippen LogP contribution in [0.4, 0.5) is 11.5 Å². The predicted molar refractivity (Wildman–Crippen MR) is 120 cm³/mol. The number of carbonyl (C=O) groups excluding carboxylic acids is 1. The highest BCUT2D eigenvalue weighted by atomic mass is 35.5. The molecule has 1 amide bonds. The number of hydrogen-bond acceptors (Lipinski definition) is 5. The molecule has 7 nitrogen and oxygen atoms in total. The number of nitrogens with one attached hydrogen (secondary N) is 1. The van der Waals surface area contributed by atoms with Crippen LogP contribution >= 0.6 is 11.6 Å². The first kappa shape index (κ1) is 20.5. The minimum atomic E-state index is -0.0676. The number of hydrogen-bond donors (Lipinski definition) is 1. The highest BCUT2D eigenvalue weighted by Crippen LogP contribution is 2.32. The highest BCUT2D eigenvalue weighted by Gasteiger charge is 2.28. The van der Waals surface area contributed by atoms with Gasteiger partial charge in [0.1, 0.15) is 11.3 Å². The second-order valence-electron chi connectivity index (χ2n) is 7.53. The summed E-state index contributed by atoms with van der Waals surface area (Å²) in [6, 6.07) is 7.23. The fourth-order valence-electron chi connectivity index (χ4n) is 4.10. The van der Waals surface area contributed by atoms with E-state index >= 15 is 0 Å². The lowest BCUT2D eigenvalue weighted by atomic mass is 9.95. The van der Waals surface area contributed by atoms with E-state index in [1.54, 1.807) is 25.3 Å². The molecule has 0 aliphatic carbocycles. The molecule has 1 aromatic carbocycles. The Hall–Kier alpha value is -2.80. The SMILES string of the molecule is CCn1nc(C)c2ccnc(N3CCC(C(=O)Nc4cc(Cl)ccc4OC)CC3)c21. The molecular weight excluding hydrogens is 402 g/mol. The molecule has 3 heterocycles. The zero-order chi connectivity index (χ0) is 21.3. The number of amides is 1. The summed E-state index contributed by atoms with van der Waals surface area (Å²) in [5.74, 6) is 1.48. The Labute approximate surface area is 181 Å². The van der Waals surface area contributed by atoms with Gasteiger partial charge in [0.25, 0.3) is 0 Å². The zero-order valence-electron chi connectivity index (χ0n) is 17.5. The molecule has 1 aliphatic rings. The van der Waals surface area contributed by atoms with Crippen LogP contribution in [0.25, 0.3) is 10.9 Å². The number of piperidine rings is 1. The predicted octanol–water partition coefficient (Wildman–Crippen LogP) is 4.28. The molecule has 0 unspecified atom stereocenters. The van der Waals surface area contributed by atoms with E-state index in [0.717, 1.165) is 54.9 Å². The summed E-state index contributed by atoms with van der Waals surface area (Å²) in [7, 11) is 1.58. The third-order valence-electron chi connectivity index (χ3n) is 5.71. The number of anilines is 2. The summed E-state index contributed by atoms with van der Waals surface area (Å²) in [4.78, 5) is 19.8. The van der Waals surface area contributed by atoms with E-state index in [4.69, 9.17) is 16.3 Å². The average Bonchev–Trinajstić information content (AvgIpc) is 3.10. The topological polar surface area (TPSA) is 72.3 Å². The summed E-state index contributed by atoms with van der Waals surface area (Å²) in [6.07, 6.45) is 3.36. The minimum Gasteiger partial charge on any atom is -0.495 e. The normalized spacial score (nSPS) is 14.9. The quantitative estimate of drug-likeness (QED) is 0.658. The lowest BCUT2D eigenvalue weighted by Crippen LogP contribution is -2.38. The Bertz CT molecular complexity index is 1070. The van der Waals surface area contributed by atoms with Gasteiger partial charge in [0.05, 0.1) is 18.5 Å². The maximum absolute atomic E-state index is 12.8. The van der Waals surface area contributed by atoms with Gasteiger partial charge < -0.3 is 15.0 Å². The van der Waals surface area contributed by atoms with E-state index in [-0.39, 0.29) is 11.8 Å². The molecule has 0 spiro atoms. The lowest BCUT2D eigenvalue weighted by Gasteiger charge is -2.32. The number of methoxy groups -OCH3 is 1. The van der Waals surface area contributed by atoms with Crippen LogP contribution in [0.5, 0.6) is 5.75 Å². The second kappa shape index (κ2) is 8.52. The van der Waals surface area contributed by atoms with Gasteiger partial charge in [-0.15, -0.1) is 0 Å². The van der Waals surface area contributed by atoms with Crippen LogP contribution in [0.3, 0.4) is 0 Å². The van der Waals surface area contributed by atoms with Gasteiger partial charge in [0.15, 0.2) is 5.82 Å². The number of ether oxygens (including phenoxy) is 1. The lowest BCUT2D eigenvalue weighted by molar-refractivity contribution is -0.120. The molecule has 1 N–H and O–H groups in total. The summed E-state index contributed by atoms with van der Waals surface area (Å²) in [5, 5.41) is 9.31. The monoisotopic (exact) mass is 427 g/mol. The molecule has 3 aromatic rings. The van der Waals surface area contributed by atoms with E-state index in [1.807, 2.05) is 23.9 Å². The third-order valence-corrected chi connectivity index (χ3v) is 5.94. The molecular formula is C22H26ClN5O2. The first-order chi connectivity index (χ1) is 14.5. The van der Waals surface area contributed by atoms with Crippen LogP contribution in [0.15, 0.2) is 30.5 Å². The third kappa shape index (κ3) is 3.81. The number of benzene rings is 1. The van der Waals surface area contributed by atoms with Gasteiger partial charge in [-0.05, 0) is 51.0 Å². The average molecular weight is 428 g/mol. The maximum Gasteiger partial charge on any atom is 0.227 e. The fraction of sp³-hybridized carbons (Fsp3) is 0.409. The Kier molecular flexibility index (Phi) is 5.81. The molecule has 1 fully saturated rings. The molecule has 30 heavy (non-hydrogen) atoms. The van der Waals surface area contributed by atoms with Crippen molar-refractivity contribution in [3.63, 3.8) is 0 Å². The molecule has 8 heteroatoms. The fourth-order valence-corrected chi connectivity index (χ4v) is 4.27. The maximum atomic E-state index is 12.8. The number of aromatic nitrogens is 3. The molecule has 4 rings (SSSR count). The summed E-state index contributed by atoms with van der Waals surface area (Å²) < 4.78 is 7.34. The molecule has 1 saturated heterocycles. The number of halogens is 1. The molecule has 2 aromatic heterocycles. The van der Waals surface area contributed by atoms with Crippen molar-refractivity contribution in [1.29, 1.82) is 0 Å². The number of aryl methyl sites for hydroxylation is 2. The van der Waals surface area contributed by atoms with Crippen LogP contribution in [-0.4, -0.2) is 40.9 Å². The van der Waals surface area contributed by atoms with Crippen molar-refractivity contribution in [2.24, 2.45) is 5.92 Å². The minimum absolute atomic E-state index is 0.00386. The molecule has 0 bridgehead atoms. The largest absolute Gasteiger partial charge is 0.495 e. The summed E-state index contributed by atoms with van der Waals surface area (Å²) >= 11 is 6.08. The number of pyridine rings is 1. The van der Waals surface area contributed by atoms with E-state index in [9.17, 15) is 4.79 Å². The van der Waals surface area contributed by atoms with E-state index in [0.29, 0.717) is 16.5 Å². The number of rotatable bonds is 5. The zero-order valence-corrected chi connectivity index (χ0v) is 18.2. The number of carbonyl (C=O) groups is 1. The van der Waals surface area contributed by atoms with Crippen molar-refractivity contribution in [2.45, 2.75) is 33.2 Å². The van der Waals surface area contributed by atoms with Crippen molar-refractivity contribution in [1.82, 2.24) is 14.8 Å². The van der Waals surface area contributed by atoms with Gasteiger partial charge in [-0.1, -0.05) is 11.6 Å². The van der Waals surface area contributed by atoms with Crippen molar-refractivity contribution < 1.29 is 9.53 Å². The van der Waals surface area contributed by atoms with Crippen molar-refractivity contribution >= 4 is 39.9 Å². The van der Waals surface area contributed by atoms with Gasteiger partial charge in [-0.25, -0.2) is 4.98 Å².